The topological polar surface area (TPSA) is 64.7 Å². The van der Waals surface area contributed by atoms with Crippen molar-refractivity contribution in [2.24, 2.45) is 0 Å². The van der Waals surface area contributed by atoms with E-state index >= 15 is 0 Å². The van der Waals surface area contributed by atoms with E-state index in [1.807, 2.05) is 24.3 Å². The number of anilines is 2. The normalized spacial score (nSPS) is 13.4. The van der Waals surface area contributed by atoms with E-state index in [9.17, 15) is 14.0 Å². The van der Waals surface area contributed by atoms with Gasteiger partial charge in [-0.25, -0.2) is 4.39 Å². The van der Waals surface area contributed by atoms with Crippen LogP contribution in [0.3, 0.4) is 0 Å². The summed E-state index contributed by atoms with van der Waals surface area (Å²) in [6.07, 6.45) is 0. The zero-order chi connectivity index (χ0) is 24.1. The van der Waals surface area contributed by atoms with Gasteiger partial charge in [0.2, 0.25) is 0 Å². The molecule has 6 nitrogen and oxygen atoms in total. The van der Waals surface area contributed by atoms with Crippen molar-refractivity contribution in [3.8, 4) is 0 Å². The number of amides is 2. The number of thiocarbonyl (C=S) groups is 1. The van der Waals surface area contributed by atoms with Gasteiger partial charge in [-0.1, -0.05) is 23.7 Å². The van der Waals surface area contributed by atoms with Crippen LogP contribution in [0.4, 0.5) is 15.8 Å². The van der Waals surface area contributed by atoms with E-state index in [1.165, 1.54) is 12.1 Å². The molecular formula is C25H22ClFN4O2S. The van der Waals surface area contributed by atoms with Crippen molar-refractivity contribution in [1.29, 1.82) is 0 Å². The molecule has 0 radical (unpaired) electrons. The second kappa shape index (κ2) is 10.6. The fourth-order valence-electron chi connectivity index (χ4n) is 3.67. The Morgan fingerprint density at radius 2 is 1.53 bits per heavy atom. The lowest BCUT2D eigenvalue weighted by molar-refractivity contribution is 0.0742. The van der Waals surface area contributed by atoms with Crippen molar-refractivity contribution in [1.82, 2.24) is 10.2 Å². The van der Waals surface area contributed by atoms with Crippen LogP contribution in [0.5, 0.6) is 0 Å². The largest absolute Gasteiger partial charge is 0.368 e. The molecule has 0 saturated carbocycles. The summed E-state index contributed by atoms with van der Waals surface area (Å²) in [6.45, 7) is 2.30. The lowest BCUT2D eigenvalue weighted by Gasteiger charge is -2.36. The van der Waals surface area contributed by atoms with Crippen LogP contribution in [-0.4, -0.2) is 48.0 Å². The summed E-state index contributed by atoms with van der Waals surface area (Å²) in [6, 6.07) is 20.2. The lowest BCUT2D eigenvalue weighted by atomic mass is 10.1. The molecule has 1 saturated heterocycles. The first-order valence-corrected chi connectivity index (χ1v) is 11.5. The second-order valence-electron chi connectivity index (χ2n) is 7.72. The molecule has 3 aromatic carbocycles. The van der Waals surface area contributed by atoms with Crippen LogP contribution in [-0.2, 0) is 0 Å². The third-order valence-corrected chi connectivity index (χ3v) is 5.95. The summed E-state index contributed by atoms with van der Waals surface area (Å²) in [5.74, 6) is -1.11. The number of carbonyl (C=O) groups is 2. The number of hydrogen-bond donors (Lipinski definition) is 2. The Labute approximate surface area is 207 Å². The van der Waals surface area contributed by atoms with E-state index in [0.717, 1.165) is 11.4 Å². The molecule has 9 heteroatoms. The monoisotopic (exact) mass is 496 g/mol. The van der Waals surface area contributed by atoms with E-state index < -0.39 is 5.82 Å². The minimum atomic E-state index is -0.500. The molecule has 1 aliphatic heterocycles. The van der Waals surface area contributed by atoms with Crippen molar-refractivity contribution in [3.05, 3.63) is 94.8 Å². The molecule has 1 heterocycles. The first-order valence-electron chi connectivity index (χ1n) is 10.7. The minimum Gasteiger partial charge on any atom is -0.368 e. The van der Waals surface area contributed by atoms with E-state index in [1.54, 1.807) is 41.3 Å². The van der Waals surface area contributed by atoms with Gasteiger partial charge in [-0.05, 0) is 72.9 Å². The summed E-state index contributed by atoms with van der Waals surface area (Å²) < 4.78 is 13.9. The third kappa shape index (κ3) is 5.70. The molecule has 2 amide bonds. The number of hydrogen-bond acceptors (Lipinski definition) is 4. The Balaban J connectivity index is 1.29. The fourth-order valence-corrected chi connectivity index (χ4v) is 4.00. The average molecular weight is 497 g/mol. The highest BCUT2D eigenvalue weighted by molar-refractivity contribution is 7.80. The van der Waals surface area contributed by atoms with E-state index in [0.29, 0.717) is 36.8 Å². The van der Waals surface area contributed by atoms with Crippen LogP contribution in [0, 0.1) is 5.82 Å². The van der Waals surface area contributed by atoms with E-state index in [-0.39, 0.29) is 22.5 Å². The fraction of sp³-hybridized carbons (Fsp3) is 0.160. The third-order valence-electron chi connectivity index (χ3n) is 5.49. The molecule has 0 unspecified atom stereocenters. The molecule has 3 aromatic rings. The van der Waals surface area contributed by atoms with Gasteiger partial charge >= 0.3 is 0 Å². The van der Waals surface area contributed by atoms with E-state index in [4.69, 9.17) is 23.8 Å². The van der Waals surface area contributed by atoms with Gasteiger partial charge in [0, 0.05) is 48.1 Å². The SMILES string of the molecule is O=C(NC(=S)Nc1ccc(N2CCN(C(=O)c3ccccc3F)CC2)cc1)c1ccc(Cl)cc1. The van der Waals surface area contributed by atoms with Crippen LogP contribution in [0.25, 0.3) is 0 Å². The minimum absolute atomic E-state index is 0.102. The van der Waals surface area contributed by atoms with Crippen LogP contribution < -0.4 is 15.5 Å². The quantitative estimate of drug-likeness (QED) is 0.518. The zero-order valence-corrected chi connectivity index (χ0v) is 19.7. The predicted molar refractivity (Wildman–Crippen MR) is 136 cm³/mol. The predicted octanol–water partition coefficient (Wildman–Crippen LogP) is 4.57. The lowest BCUT2D eigenvalue weighted by Crippen LogP contribution is -2.49. The van der Waals surface area contributed by atoms with Crippen molar-refractivity contribution < 1.29 is 14.0 Å². The van der Waals surface area contributed by atoms with Crippen LogP contribution in [0.15, 0.2) is 72.8 Å². The number of nitrogens with zero attached hydrogens (tertiary/aromatic N) is 2. The summed E-state index contributed by atoms with van der Waals surface area (Å²) in [5, 5.41) is 6.37. The highest BCUT2D eigenvalue weighted by Crippen LogP contribution is 2.21. The Morgan fingerprint density at radius 3 is 2.18 bits per heavy atom. The highest BCUT2D eigenvalue weighted by atomic mass is 35.5. The van der Waals surface area contributed by atoms with Crippen LogP contribution in [0.1, 0.15) is 20.7 Å². The number of piperazine rings is 1. The van der Waals surface area contributed by atoms with Gasteiger partial charge in [-0.3, -0.25) is 14.9 Å². The molecule has 1 aliphatic rings. The number of carbonyl (C=O) groups excluding carboxylic acids is 2. The Morgan fingerprint density at radius 1 is 0.882 bits per heavy atom. The first-order chi connectivity index (χ1) is 16.4. The average Bonchev–Trinajstić information content (AvgIpc) is 2.85. The molecular weight excluding hydrogens is 475 g/mol. The maximum Gasteiger partial charge on any atom is 0.257 e. The number of halogens is 2. The van der Waals surface area contributed by atoms with Crippen molar-refractivity contribution in [3.63, 3.8) is 0 Å². The first kappa shape index (κ1) is 23.7. The maximum atomic E-state index is 13.9. The van der Waals surface area contributed by atoms with Crippen molar-refractivity contribution in [2.75, 3.05) is 36.4 Å². The molecule has 0 spiro atoms. The zero-order valence-electron chi connectivity index (χ0n) is 18.1. The summed E-state index contributed by atoms with van der Waals surface area (Å²) in [5.41, 5.74) is 2.29. The van der Waals surface area contributed by atoms with Gasteiger partial charge in [0.15, 0.2) is 5.11 Å². The molecule has 2 N–H and O–H groups in total. The molecule has 0 aromatic heterocycles. The van der Waals surface area contributed by atoms with Crippen LogP contribution >= 0.6 is 23.8 Å². The van der Waals surface area contributed by atoms with Gasteiger partial charge in [0.05, 0.1) is 5.56 Å². The maximum absolute atomic E-state index is 13.9. The smallest absolute Gasteiger partial charge is 0.257 e. The molecule has 1 fully saturated rings. The summed E-state index contributed by atoms with van der Waals surface area (Å²) in [7, 11) is 0. The summed E-state index contributed by atoms with van der Waals surface area (Å²) in [4.78, 5) is 28.7. The van der Waals surface area contributed by atoms with Gasteiger partial charge < -0.3 is 15.1 Å². The number of nitrogens with one attached hydrogen (secondary N) is 2. The van der Waals surface area contributed by atoms with E-state index in [2.05, 4.69) is 15.5 Å². The standard InChI is InChI=1S/C25H22ClFN4O2S/c26-18-7-5-17(6-8-18)23(32)29-25(34)28-19-9-11-20(12-10-19)30-13-15-31(16-14-30)24(33)21-3-1-2-4-22(21)27/h1-12H,13-16H2,(H2,28,29,32,34). The summed E-state index contributed by atoms with van der Waals surface area (Å²) >= 11 is 11.1. The van der Waals surface area contributed by atoms with Gasteiger partial charge in [0.25, 0.3) is 11.8 Å². The number of rotatable bonds is 4. The molecule has 4 rings (SSSR count). The Hall–Kier alpha value is -3.49. The van der Waals surface area contributed by atoms with Gasteiger partial charge in [-0.15, -0.1) is 0 Å². The molecule has 34 heavy (non-hydrogen) atoms. The molecule has 0 atom stereocenters. The molecule has 174 valence electrons. The second-order valence-corrected chi connectivity index (χ2v) is 8.57. The molecule has 0 bridgehead atoms. The van der Waals surface area contributed by atoms with Gasteiger partial charge in [0.1, 0.15) is 5.82 Å². The van der Waals surface area contributed by atoms with Gasteiger partial charge in [-0.2, -0.15) is 0 Å². The Kier molecular flexibility index (Phi) is 7.40. The number of benzene rings is 3. The van der Waals surface area contributed by atoms with Crippen molar-refractivity contribution >= 4 is 52.1 Å². The Bertz CT molecular complexity index is 1200. The van der Waals surface area contributed by atoms with Crippen molar-refractivity contribution in [2.45, 2.75) is 0 Å². The molecule has 0 aliphatic carbocycles. The van der Waals surface area contributed by atoms with Crippen LogP contribution in [0.2, 0.25) is 5.02 Å². The highest BCUT2D eigenvalue weighted by Gasteiger charge is 2.24.